The Balaban J connectivity index is 2.20. The Kier molecular flexibility index (Phi) is 3.39. The molecule has 1 nitrogen and oxygen atoms in total. The molecule has 0 radical (unpaired) electrons. The Labute approximate surface area is 83.5 Å². The fraction of sp³-hybridized carbons (Fsp3) is 1.00. The van der Waals surface area contributed by atoms with Crippen LogP contribution in [0.1, 0.15) is 40.5 Å². The monoisotopic (exact) mass is 183 g/mol. The molecule has 0 aromatic carbocycles. The molecule has 0 aromatic rings. The van der Waals surface area contributed by atoms with Crippen LogP contribution in [-0.4, -0.2) is 25.0 Å². The molecule has 0 heterocycles. The highest BCUT2D eigenvalue weighted by atomic mass is 15.1. The first-order valence-electron chi connectivity index (χ1n) is 5.69. The van der Waals surface area contributed by atoms with Gasteiger partial charge >= 0.3 is 0 Å². The fourth-order valence-electron chi connectivity index (χ4n) is 2.15. The molecule has 1 rings (SSSR count). The zero-order valence-electron chi connectivity index (χ0n) is 9.93. The third kappa shape index (κ3) is 2.46. The van der Waals surface area contributed by atoms with E-state index in [-0.39, 0.29) is 0 Å². The highest BCUT2D eigenvalue weighted by Crippen LogP contribution is 2.58. The van der Waals surface area contributed by atoms with Gasteiger partial charge in [0.05, 0.1) is 0 Å². The summed E-state index contributed by atoms with van der Waals surface area (Å²) in [5.74, 6) is 1.87. The van der Waals surface area contributed by atoms with Crippen LogP contribution in [-0.2, 0) is 0 Å². The van der Waals surface area contributed by atoms with E-state index < -0.39 is 0 Å². The minimum atomic E-state index is 0.675. The minimum absolute atomic E-state index is 0.675. The second-order valence-electron chi connectivity index (χ2n) is 5.25. The van der Waals surface area contributed by atoms with Crippen LogP contribution in [0.3, 0.4) is 0 Å². The molecule has 2 unspecified atom stereocenters. The molecule has 0 aromatic heterocycles. The van der Waals surface area contributed by atoms with Gasteiger partial charge in [-0.2, -0.15) is 0 Å². The molecule has 0 saturated heterocycles. The fourth-order valence-corrected chi connectivity index (χ4v) is 2.15. The Morgan fingerprint density at radius 2 is 2.08 bits per heavy atom. The lowest BCUT2D eigenvalue weighted by molar-refractivity contribution is 0.301. The van der Waals surface area contributed by atoms with E-state index in [0.29, 0.717) is 5.41 Å². The topological polar surface area (TPSA) is 3.24 Å². The molecule has 2 atom stereocenters. The smallest absolute Gasteiger partial charge is 0.00191 e. The summed E-state index contributed by atoms with van der Waals surface area (Å²) in [7, 11) is 2.22. The molecule has 0 spiro atoms. The molecule has 13 heavy (non-hydrogen) atoms. The second-order valence-corrected chi connectivity index (χ2v) is 5.25. The summed E-state index contributed by atoms with van der Waals surface area (Å²) >= 11 is 0. The normalized spacial score (nSPS) is 33.0. The summed E-state index contributed by atoms with van der Waals surface area (Å²) in [5, 5.41) is 0. The summed E-state index contributed by atoms with van der Waals surface area (Å²) in [6, 6.07) is 0. The maximum absolute atomic E-state index is 2.45. The van der Waals surface area contributed by atoms with Gasteiger partial charge in [-0.05, 0) is 50.2 Å². The zero-order valence-corrected chi connectivity index (χ0v) is 9.93. The van der Waals surface area contributed by atoms with E-state index in [1.54, 1.807) is 0 Å². The number of hydrogen-bond acceptors (Lipinski definition) is 1. The van der Waals surface area contributed by atoms with Gasteiger partial charge in [0.15, 0.2) is 0 Å². The third-order valence-corrected chi connectivity index (χ3v) is 4.18. The quantitative estimate of drug-likeness (QED) is 0.633. The van der Waals surface area contributed by atoms with Crippen molar-refractivity contribution in [3.8, 4) is 0 Å². The molecule has 1 heteroatoms. The van der Waals surface area contributed by atoms with E-state index in [4.69, 9.17) is 0 Å². The molecule has 1 aliphatic rings. The molecule has 1 saturated carbocycles. The summed E-state index contributed by atoms with van der Waals surface area (Å²) in [6.45, 7) is 11.9. The van der Waals surface area contributed by atoms with E-state index in [1.165, 1.54) is 25.9 Å². The van der Waals surface area contributed by atoms with Crippen molar-refractivity contribution in [3.05, 3.63) is 0 Å². The van der Waals surface area contributed by atoms with E-state index in [1.807, 2.05) is 0 Å². The van der Waals surface area contributed by atoms with Gasteiger partial charge in [-0.3, -0.25) is 0 Å². The van der Waals surface area contributed by atoms with Crippen LogP contribution in [0.4, 0.5) is 0 Å². The van der Waals surface area contributed by atoms with Gasteiger partial charge in [-0.25, -0.2) is 0 Å². The van der Waals surface area contributed by atoms with Gasteiger partial charge in [0.25, 0.3) is 0 Å². The molecular formula is C12H25N. The third-order valence-electron chi connectivity index (χ3n) is 4.18. The molecule has 1 aliphatic carbocycles. The molecule has 0 amide bonds. The van der Waals surface area contributed by atoms with E-state index in [2.05, 4.69) is 39.6 Å². The van der Waals surface area contributed by atoms with Crippen LogP contribution in [0.5, 0.6) is 0 Å². The highest BCUT2D eigenvalue weighted by Gasteiger charge is 2.50. The molecule has 78 valence electrons. The Bertz CT molecular complexity index is 165. The maximum atomic E-state index is 2.45. The lowest BCUT2D eigenvalue weighted by atomic mass is 9.91. The van der Waals surface area contributed by atoms with E-state index in [9.17, 15) is 0 Å². The maximum Gasteiger partial charge on any atom is -0.00191 e. The molecular weight excluding hydrogens is 158 g/mol. The Morgan fingerprint density at radius 3 is 2.46 bits per heavy atom. The lowest BCUT2D eigenvalue weighted by Crippen LogP contribution is -2.20. The highest BCUT2D eigenvalue weighted by molar-refractivity contribution is 5.00. The van der Waals surface area contributed by atoms with Crippen LogP contribution in [0.2, 0.25) is 0 Å². The van der Waals surface area contributed by atoms with Gasteiger partial charge in [0.1, 0.15) is 0 Å². The van der Waals surface area contributed by atoms with Crippen LogP contribution in [0.15, 0.2) is 0 Å². The Hall–Kier alpha value is -0.0400. The molecule has 0 N–H and O–H groups in total. The predicted octanol–water partition coefficient (Wildman–Crippen LogP) is 3.01. The molecule has 0 aliphatic heterocycles. The standard InChI is InChI=1S/C12H25N/c1-6-13(5)8-7-11-9-12(11,4)10(2)3/h10-11H,6-9H2,1-5H3. The first kappa shape index (κ1) is 11.0. The SMILES string of the molecule is CCN(C)CCC1CC1(C)C(C)C. The lowest BCUT2D eigenvalue weighted by Gasteiger charge is -2.18. The van der Waals surface area contributed by atoms with Gasteiger partial charge in [0, 0.05) is 0 Å². The predicted molar refractivity (Wildman–Crippen MR) is 58.8 cm³/mol. The van der Waals surface area contributed by atoms with Crippen LogP contribution in [0, 0.1) is 17.3 Å². The second kappa shape index (κ2) is 4.00. The molecule has 0 bridgehead atoms. The van der Waals surface area contributed by atoms with Crippen molar-refractivity contribution in [2.24, 2.45) is 17.3 Å². The van der Waals surface area contributed by atoms with Crippen LogP contribution in [0.25, 0.3) is 0 Å². The Morgan fingerprint density at radius 1 is 1.46 bits per heavy atom. The van der Waals surface area contributed by atoms with Gasteiger partial charge < -0.3 is 4.90 Å². The van der Waals surface area contributed by atoms with Crippen LogP contribution >= 0.6 is 0 Å². The summed E-state index contributed by atoms with van der Waals surface area (Å²) in [6.07, 6.45) is 2.86. The van der Waals surface area contributed by atoms with Gasteiger partial charge in [-0.15, -0.1) is 0 Å². The summed E-state index contributed by atoms with van der Waals surface area (Å²) < 4.78 is 0. The molecule has 1 fully saturated rings. The van der Waals surface area contributed by atoms with Gasteiger partial charge in [-0.1, -0.05) is 27.7 Å². The van der Waals surface area contributed by atoms with Crippen molar-refractivity contribution in [2.45, 2.75) is 40.5 Å². The van der Waals surface area contributed by atoms with E-state index in [0.717, 1.165) is 11.8 Å². The van der Waals surface area contributed by atoms with Crippen molar-refractivity contribution in [1.29, 1.82) is 0 Å². The largest absolute Gasteiger partial charge is 0.307 e. The summed E-state index contributed by atoms with van der Waals surface area (Å²) in [4.78, 5) is 2.42. The zero-order chi connectivity index (χ0) is 10.1. The first-order chi connectivity index (χ1) is 6.00. The van der Waals surface area contributed by atoms with E-state index >= 15 is 0 Å². The number of rotatable bonds is 5. The van der Waals surface area contributed by atoms with Crippen molar-refractivity contribution in [3.63, 3.8) is 0 Å². The van der Waals surface area contributed by atoms with Crippen molar-refractivity contribution >= 4 is 0 Å². The first-order valence-corrected chi connectivity index (χ1v) is 5.69. The minimum Gasteiger partial charge on any atom is -0.307 e. The van der Waals surface area contributed by atoms with Crippen molar-refractivity contribution in [1.82, 2.24) is 4.90 Å². The average molecular weight is 183 g/mol. The van der Waals surface area contributed by atoms with Crippen molar-refractivity contribution in [2.75, 3.05) is 20.1 Å². The number of nitrogens with zero attached hydrogens (tertiary/aromatic N) is 1. The van der Waals surface area contributed by atoms with Crippen molar-refractivity contribution < 1.29 is 0 Å². The average Bonchev–Trinajstić information content (AvgIpc) is 2.75. The van der Waals surface area contributed by atoms with Gasteiger partial charge in [0.2, 0.25) is 0 Å². The van der Waals surface area contributed by atoms with Crippen LogP contribution < -0.4 is 0 Å². The summed E-state index contributed by atoms with van der Waals surface area (Å²) in [5.41, 5.74) is 0.675. The number of hydrogen-bond donors (Lipinski definition) is 0.